The average Bonchev–Trinajstić information content (AvgIpc) is 2.63. The van der Waals surface area contributed by atoms with Gasteiger partial charge in [0.1, 0.15) is 5.60 Å². The van der Waals surface area contributed by atoms with Crippen LogP contribution in [0.1, 0.15) is 54.4 Å². The Kier molecular flexibility index (Phi) is 10.0. The van der Waals surface area contributed by atoms with Gasteiger partial charge in [0.15, 0.2) is 5.96 Å². The fourth-order valence-electron chi connectivity index (χ4n) is 2.92. The first-order chi connectivity index (χ1) is 13.6. The molecule has 29 heavy (non-hydrogen) atoms. The summed E-state index contributed by atoms with van der Waals surface area (Å²) in [5.74, 6) is 0.915. The summed E-state index contributed by atoms with van der Waals surface area (Å²) in [6.07, 6.45) is 0.934. The first-order valence-electron chi connectivity index (χ1n) is 10.4. The van der Waals surface area contributed by atoms with Crippen LogP contribution in [-0.4, -0.2) is 74.0 Å². The van der Waals surface area contributed by atoms with Gasteiger partial charge >= 0.3 is 12.2 Å². The molecule has 0 aromatic carbocycles. The second-order valence-electron chi connectivity index (χ2n) is 8.59. The lowest BCUT2D eigenvalue weighted by Crippen LogP contribution is -2.50. The molecule has 0 aromatic rings. The van der Waals surface area contributed by atoms with E-state index in [1.54, 1.807) is 4.90 Å². The van der Waals surface area contributed by atoms with E-state index in [0.29, 0.717) is 25.6 Å². The topological polar surface area (TPSA) is 104 Å². The predicted octanol–water partition coefficient (Wildman–Crippen LogP) is 2.32. The van der Waals surface area contributed by atoms with Crippen molar-refractivity contribution in [2.45, 2.75) is 72.1 Å². The Morgan fingerprint density at radius 1 is 1.21 bits per heavy atom. The fraction of sp³-hybridized carbons (Fsp3) is 0.850. The van der Waals surface area contributed by atoms with Gasteiger partial charge in [0.2, 0.25) is 0 Å². The van der Waals surface area contributed by atoms with Crippen molar-refractivity contribution in [2.75, 3.05) is 33.3 Å². The molecule has 1 heterocycles. The van der Waals surface area contributed by atoms with Crippen LogP contribution in [0.5, 0.6) is 0 Å². The van der Waals surface area contributed by atoms with Gasteiger partial charge in [0, 0.05) is 25.7 Å². The quantitative estimate of drug-likeness (QED) is 0.456. The molecule has 1 rings (SSSR count). The number of carbonyl (C=O) groups excluding carboxylic acids is 2. The number of amides is 2. The first-order valence-corrected chi connectivity index (χ1v) is 10.4. The zero-order valence-corrected chi connectivity index (χ0v) is 19.0. The predicted molar refractivity (Wildman–Crippen MR) is 114 cm³/mol. The van der Waals surface area contributed by atoms with E-state index in [2.05, 4.69) is 20.9 Å². The van der Waals surface area contributed by atoms with Crippen molar-refractivity contribution < 1.29 is 19.1 Å². The third kappa shape index (κ3) is 9.71. The summed E-state index contributed by atoms with van der Waals surface area (Å²) in [5.41, 5.74) is -0.537. The molecular formula is C20H39N5O4. The molecule has 1 fully saturated rings. The van der Waals surface area contributed by atoms with Crippen molar-refractivity contribution in [1.82, 2.24) is 20.9 Å². The van der Waals surface area contributed by atoms with E-state index in [0.717, 1.165) is 19.4 Å². The Labute approximate surface area is 175 Å². The van der Waals surface area contributed by atoms with Crippen LogP contribution in [0.15, 0.2) is 4.99 Å². The molecule has 0 aliphatic carbocycles. The highest BCUT2D eigenvalue weighted by atomic mass is 16.6. The Morgan fingerprint density at radius 3 is 2.31 bits per heavy atom. The number of ether oxygens (including phenoxy) is 2. The van der Waals surface area contributed by atoms with Crippen molar-refractivity contribution >= 4 is 18.1 Å². The minimum absolute atomic E-state index is 0.138. The monoisotopic (exact) mass is 413 g/mol. The SMILES string of the molecule is CCNC(=NCC(NC(=O)OC(C)(C)C)C(C)C)NC1CCN(C(=O)OC)CC1. The summed E-state index contributed by atoms with van der Waals surface area (Å²) in [7, 11) is 1.40. The number of hydrogen-bond donors (Lipinski definition) is 3. The minimum Gasteiger partial charge on any atom is -0.453 e. The molecule has 9 heteroatoms. The number of alkyl carbamates (subject to hydrolysis) is 1. The van der Waals surface area contributed by atoms with Crippen LogP contribution in [-0.2, 0) is 9.47 Å². The van der Waals surface area contributed by atoms with Gasteiger partial charge in [0.25, 0.3) is 0 Å². The minimum atomic E-state index is -0.537. The number of nitrogens with one attached hydrogen (secondary N) is 3. The van der Waals surface area contributed by atoms with Crippen LogP contribution in [0.3, 0.4) is 0 Å². The van der Waals surface area contributed by atoms with Crippen LogP contribution in [0.4, 0.5) is 9.59 Å². The summed E-state index contributed by atoms with van der Waals surface area (Å²) in [4.78, 5) is 30.1. The summed E-state index contributed by atoms with van der Waals surface area (Å²) in [5, 5.41) is 9.60. The maximum atomic E-state index is 12.1. The lowest BCUT2D eigenvalue weighted by Gasteiger charge is -2.32. The van der Waals surface area contributed by atoms with E-state index in [1.165, 1.54) is 7.11 Å². The molecule has 1 aliphatic heterocycles. The van der Waals surface area contributed by atoms with Crippen LogP contribution < -0.4 is 16.0 Å². The zero-order chi connectivity index (χ0) is 22.0. The third-order valence-corrected chi connectivity index (χ3v) is 4.57. The number of hydrogen-bond acceptors (Lipinski definition) is 5. The first kappa shape index (κ1) is 24.8. The highest BCUT2D eigenvalue weighted by Gasteiger charge is 2.24. The number of aliphatic imine (C=N–C) groups is 1. The van der Waals surface area contributed by atoms with Gasteiger partial charge in [-0.1, -0.05) is 13.8 Å². The van der Waals surface area contributed by atoms with Gasteiger partial charge in [-0.15, -0.1) is 0 Å². The molecule has 0 saturated carbocycles. The Hall–Kier alpha value is -2.19. The lowest BCUT2D eigenvalue weighted by atomic mass is 10.0. The van der Waals surface area contributed by atoms with Crippen molar-refractivity contribution in [3.8, 4) is 0 Å². The normalized spacial score (nSPS) is 17.0. The van der Waals surface area contributed by atoms with E-state index in [4.69, 9.17) is 9.47 Å². The number of rotatable bonds is 6. The molecule has 9 nitrogen and oxygen atoms in total. The van der Waals surface area contributed by atoms with Gasteiger partial charge in [-0.2, -0.15) is 0 Å². The molecule has 1 saturated heterocycles. The van der Waals surface area contributed by atoms with E-state index in [9.17, 15) is 9.59 Å². The second-order valence-corrected chi connectivity index (χ2v) is 8.59. The van der Waals surface area contributed by atoms with Crippen LogP contribution in [0, 0.1) is 5.92 Å². The zero-order valence-electron chi connectivity index (χ0n) is 19.0. The molecule has 1 atom stereocenters. The van der Waals surface area contributed by atoms with E-state index in [-0.39, 0.29) is 24.1 Å². The van der Waals surface area contributed by atoms with Crippen LogP contribution in [0.25, 0.3) is 0 Å². The Morgan fingerprint density at radius 2 is 1.83 bits per heavy atom. The summed E-state index contributed by atoms with van der Waals surface area (Å²) in [6, 6.07) is 0.0894. The number of likely N-dealkylation sites (tertiary alicyclic amines) is 1. The number of methoxy groups -OCH3 is 1. The number of piperidine rings is 1. The van der Waals surface area contributed by atoms with Gasteiger partial charge in [0.05, 0.1) is 19.7 Å². The molecule has 2 amide bonds. The Balaban J connectivity index is 2.64. The fourth-order valence-corrected chi connectivity index (χ4v) is 2.92. The van der Waals surface area contributed by atoms with Gasteiger partial charge in [-0.05, 0) is 46.5 Å². The maximum absolute atomic E-state index is 12.1. The number of guanidine groups is 1. The van der Waals surface area contributed by atoms with Crippen molar-refractivity contribution in [2.24, 2.45) is 10.9 Å². The van der Waals surface area contributed by atoms with E-state index >= 15 is 0 Å². The second kappa shape index (κ2) is 11.7. The standard InChI is InChI=1S/C20H39N5O4/c1-8-21-17(23-15-9-11-25(12-10-15)19(27)28-7)22-13-16(14(2)3)24-18(26)29-20(4,5)6/h14-16H,8-13H2,1-7H3,(H,24,26)(H2,21,22,23). The van der Waals surface area contributed by atoms with Crippen molar-refractivity contribution in [3.05, 3.63) is 0 Å². The average molecular weight is 414 g/mol. The van der Waals surface area contributed by atoms with E-state index in [1.807, 2.05) is 41.5 Å². The molecular weight excluding hydrogens is 374 g/mol. The highest BCUT2D eigenvalue weighted by Crippen LogP contribution is 2.12. The van der Waals surface area contributed by atoms with E-state index < -0.39 is 11.7 Å². The number of carbonyl (C=O) groups is 2. The smallest absolute Gasteiger partial charge is 0.409 e. The largest absolute Gasteiger partial charge is 0.453 e. The van der Waals surface area contributed by atoms with Gasteiger partial charge in [-0.25, -0.2) is 9.59 Å². The van der Waals surface area contributed by atoms with Crippen LogP contribution in [0.2, 0.25) is 0 Å². The Bertz CT molecular complexity index is 552. The molecule has 0 spiro atoms. The van der Waals surface area contributed by atoms with Crippen LogP contribution >= 0.6 is 0 Å². The summed E-state index contributed by atoms with van der Waals surface area (Å²) < 4.78 is 10.1. The molecule has 1 unspecified atom stereocenters. The van der Waals surface area contributed by atoms with Gasteiger partial charge in [-0.3, -0.25) is 4.99 Å². The summed E-state index contributed by atoms with van der Waals surface area (Å²) >= 11 is 0. The van der Waals surface area contributed by atoms with Gasteiger partial charge < -0.3 is 30.3 Å². The summed E-state index contributed by atoms with van der Waals surface area (Å²) in [6.45, 7) is 14.1. The maximum Gasteiger partial charge on any atom is 0.409 e. The van der Waals surface area contributed by atoms with Crippen molar-refractivity contribution in [1.29, 1.82) is 0 Å². The molecule has 0 aromatic heterocycles. The highest BCUT2D eigenvalue weighted by molar-refractivity contribution is 5.80. The molecule has 0 bridgehead atoms. The lowest BCUT2D eigenvalue weighted by molar-refractivity contribution is 0.0493. The molecule has 0 radical (unpaired) electrons. The molecule has 168 valence electrons. The van der Waals surface area contributed by atoms with Crippen molar-refractivity contribution in [3.63, 3.8) is 0 Å². The third-order valence-electron chi connectivity index (χ3n) is 4.57. The molecule has 3 N–H and O–H groups in total. The number of nitrogens with zero attached hydrogens (tertiary/aromatic N) is 2. The molecule has 1 aliphatic rings.